The lowest BCUT2D eigenvalue weighted by atomic mass is 9.98. The fourth-order valence-corrected chi connectivity index (χ4v) is 3.45. The number of ether oxygens (including phenoxy) is 1. The van der Waals surface area contributed by atoms with Crippen LogP contribution in [0, 0.1) is 11.3 Å². The fourth-order valence-electron chi connectivity index (χ4n) is 3.45. The monoisotopic (exact) mass is 453 g/mol. The molecule has 3 amide bonds. The summed E-state index contributed by atoms with van der Waals surface area (Å²) in [6.07, 6.45) is 5.29. The van der Waals surface area contributed by atoms with Gasteiger partial charge in [-0.2, -0.15) is 0 Å². The number of carbonyl (C=O) groups excluding carboxylic acids is 2. The summed E-state index contributed by atoms with van der Waals surface area (Å²) in [6, 6.07) is 7.63. The van der Waals surface area contributed by atoms with Gasteiger partial charge in [0.25, 0.3) is 0 Å². The molecule has 2 heterocycles. The van der Waals surface area contributed by atoms with E-state index in [1.54, 1.807) is 33.4 Å². The number of nitrogens with one attached hydrogen (secondary N) is 3. The number of hydrogen-bond donors (Lipinski definition) is 3. The molecule has 0 bridgehead atoms. The molecule has 0 aliphatic carbocycles. The highest BCUT2D eigenvalue weighted by atomic mass is 16.5. The summed E-state index contributed by atoms with van der Waals surface area (Å²) in [5.41, 5.74) is 2.69. The minimum atomic E-state index is -0.434. The Hall–Kier alpha value is -3.69. The quantitative estimate of drug-likeness (QED) is 0.454. The largest absolute Gasteiger partial charge is 0.463 e. The molecule has 1 aromatic heterocycles. The third-order valence-corrected chi connectivity index (χ3v) is 5.53. The van der Waals surface area contributed by atoms with Gasteiger partial charge in [-0.15, -0.1) is 0 Å². The fraction of sp³-hybridized carbons (Fsp3) is 0.435. The van der Waals surface area contributed by atoms with E-state index in [0.29, 0.717) is 25.1 Å². The molecule has 0 saturated carbocycles. The molecule has 10 nitrogen and oxygen atoms in total. The van der Waals surface area contributed by atoms with E-state index in [4.69, 9.17) is 10.1 Å². The minimum absolute atomic E-state index is 0.0160. The first-order valence-electron chi connectivity index (χ1n) is 10.9. The molecule has 0 atom stereocenters. The number of hydrogen-bond acceptors (Lipinski definition) is 6. The molecule has 1 aliphatic rings. The summed E-state index contributed by atoms with van der Waals surface area (Å²) < 4.78 is 5.77. The van der Waals surface area contributed by atoms with Crippen LogP contribution in [0.5, 0.6) is 6.01 Å². The average molecular weight is 454 g/mol. The molecule has 33 heavy (non-hydrogen) atoms. The van der Waals surface area contributed by atoms with Crippen LogP contribution >= 0.6 is 0 Å². The van der Waals surface area contributed by atoms with Crippen LogP contribution < -0.4 is 15.4 Å². The van der Waals surface area contributed by atoms with Crippen LogP contribution in [0.2, 0.25) is 0 Å². The lowest BCUT2D eigenvalue weighted by molar-refractivity contribution is -0.130. The molecule has 0 radical (unpaired) electrons. The van der Waals surface area contributed by atoms with Gasteiger partial charge in [-0.05, 0) is 36.0 Å². The lowest BCUT2D eigenvalue weighted by Gasteiger charge is -2.30. The van der Waals surface area contributed by atoms with Gasteiger partial charge in [-0.3, -0.25) is 15.5 Å². The Balaban J connectivity index is 1.50. The van der Waals surface area contributed by atoms with Gasteiger partial charge in [0, 0.05) is 58.6 Å². The smallest absolute Gasteiger partial charge is 0.321 e. The third-order valence-electron chi connectivity index (χ3n) is 5.53. The second-order valence-corrected chi connectivity index (χ2v) is 8.27. The molecule has 3 N–H and O–H groups in total. The van der Waals surface area contributed by atoms with Crippen molar-refractivity contribution in [2.24, 2.45) is 5.92 Å². The Kier molecular flexibility index (Phi) is 8.17. The zero-order valence-corrected chi connectivity index (χ0v) is 19.3. The number of piperidine rings is 1. The highest BCUT2D eigenvalue weighted by Gasteiger charge is 2.21. The van der Waals surface area contributed by atoms with Crippen molar-refractivity contribution < 1.29 is 14.3 Å². The van der Waals surface area contributed by atoms with Crippen LogP contribution in [0.1, 0.15) is 25.3 Å². The predicted molar refractivity (Wildman–Crippen MR) is 125 cm³/mol. The molecule has 0 spiro atoms. The molecule has 1 saturated heterocycles. The number of benzene rings is 1. The number of rotatable bonds is 6. The van der Waals surface area contributed by atoms with Crippen molar-refractivity contribution in [2.45, 2.75) is 26.3 Å². The molecule has 10 heteroatoms. The standard InChI is InChI=1S/C23H31N7O3/c1-16(31)30-9-7-17(8-10-30)15-33-23-26-13-20(14-27-23)19-6-4-5-18(11-19)12-25-22(32)28-21(24)29(2)3/h4-6,11,13-14,17H,7-10,12,15H2,1-3H3,(H3,24,25,28,32). The van der Waals surface area contributed by atoms with Crippen molar-refractivity contribution in [1.82, 2.24) is 30.4 Å². The van der Waals surface area contributed by atoms with Crippen LogP contribution in [0.4, 0.5) is 4.79 Å². The Morgan fingerprint density at radius 3 is 2.52 bits per heavy atom. The Labute approximate surface area is 193 Å². The Morgan fingerprint density at radius 2 is 1.88 bits per heavy atom. The Morgan fingerprint density at radius 1 is 1.18 bits per heavy atom. The van der Waals surface area contributed by atoms with Gasteiger partial charge in [0.2, 0.25) is 5.91 Å². The molecule has 3 rings (SSSR count). The summed E-state index contributed by atoms with van der Waals surface area (Å²) >= 11 is 0. The topological polar surface area (TPSA) is 124 Å². The average Bonchev–Trinajstić information content (AvgIpc) is 2.82. The summed E-state index contributed by atoms with van der Waals surface area (Å²) in [5, 5.41) is 12.8. The summed E-state index contributed by atoms with van der Waals surface area (Å²) in [4.78, 5) is 35.4. The number of guanidine groups is 1. The van der Waals surface area contributed by atoms with E-state index in [-0.39, 0.29) is 11.9 Å². The van der Waals surface area contributed by atoms with Gasteiger partial charge < -0.3 is 19.9 Å². The summed E-state index contributed by atoms with van der Waals surface area (Å²) in [7, 11) is 3.37. The van der Waals surface area contributed by atoms with Gasteiger partial charge in [-0.25, -0.2) is 14.8 Å². The van der Waals surface area contributed by atoms with Gasteiger partial charge in [0.05, 0.1) is 6.61 Å². The number of likely N-dealkylation sites (tertiary alicyclic amines) is 1. The minimum Gasteiger partial charge on any atom is -0.463 e. The normalized spacial score (nSPS) is 13.8. The van der Waals surface area contributed by atoms with Gasteiger partial charge in [0.15, 0.2) is 5.96 Å². The molecular formula is C23H31N7O3. The van der Waals surface area contributed by atoms with Crippen molar-refractivity contribution in [2.75, 3.05) is 33.8 Å². The van der Waals surface area contributed by atoms with Crippen molar-refractivity contribution >= 4 is 17.9 Å². The van der Waals surface area contributed by atoms with Crippen molar-refractivity contribution in [3.63, 3.8) is 0 Å². The maximum Gasteiger partial charge on any atom is 0.321 e. The molecular weight excluding hydrogens is 422 g/mol. The predicted octanol–water partition coefficient (Wildman–Crippen LogP) is 2.08. The van der Waals surface area contributed by atoms with E-state index in [2.05, 4.69) is 20.6 Å². The van der Waals surface area contributed by atoms with E-state index in [0.717, 1.165) is 42.6 Å². The molecule has 176 valence electrons. The molecule has 0 unspecified atom stereocenters. The van der Waals surface area contributed by atoms with Crippen LogP contribution in [0.3, 0.4) is 0 Å². The highest BCUT2D eigenvalue weighted by Crippen LogP contribution is 2.21. The van der Waals surface area contributed by atoms with E-state index in [1.165, 1.54) is 4.90 Å². The second kappa shape index (κ2) is 11.3. The van der Waals surface area contributed by atoms with Crippen molar-refractivity contribution in [3.8, 4) is 17.1 Å². The molecule has 1 aromatic carbocycles. The van der Waals surface area contributed by atoms with Gasteiger partial charge >= 0.3 is 12.0 Å². The zero-order chi connectivity index (χ0) is 23.8. The second-order valence-electron chi connectivity index (χ2n) is 8.27. The Bertz CT molecular complexity index is 970. The van der Waals surface area contributed by atoms with E-state index < -0.39 is 6.03 Å². The van der Waals surface area contributed by atoms with E-state index in [1.807, 2.05) is 29.2 Å². The first kappa shape index (κ1) is 24.0. The van der Waals surface area contributed by atoms with E-state index >= 15 is 0 Å². The SMILES string of the molecule is CC(=O)N1CCC(COc2ncc(-c3cccc(CNC(=O)NC(=N)N(C)C)c3)cn2)CC1. The number of amides is 3. The van der Waals surface area contributed by atoms with Gasteiger partial charge in [0.1, 0.15) is 0 Å². The first-order valence-corrected chi connectivity index (χ1v) is 10.9. The highest BCUT2D eigenvalue weighted by molar-refractivity contribution is 5.94. The number of aromatic nitrogens is 2. The van der Waals surface area contributed by atoms with E-state index in [9.17, 15) is 9.59 Å². The van der Waals surface area contributed by atoms with Crippen molar-refractivity contribution in [3.05, 3.63) is 42.2 Å². The molecule has 1 fully saturated rings. The van der Waals surface area contributed by atoms with Crippen LogP contribution in [-0.4, -0.2) is 71.5 Å². The third kappa shape index (κ3) is 7.16. The molecule has 2 aromatic rings. The summed E-state index contributed by atoms with van der Waals surface area (Å²) in [6.45, 7) is 4.02. The van der Waals surface area contributed by atoms with Crippen LogP contribution in [0.25, 0.3) is 11.1 Å². The first-order chi connectivity index (χ1) is 15.8. The summed E-state index contributed by atoms with van der Waals surface area (Å²) in [5.74, 6) is 0.537. The zero-order valence-electron chi connectivity index (χ0n) is 19.3. The van der Waals surface area contributed by atoms with Crippen molar-refractivity contribution in [1.29, 1.82) is 5.41 Å². The maximum atomic E-state index is 11.9. The maximum absolute atomic E-state index is 11.9. The van der Waals surface area contributed by atoms with Crippen LogP contribution in [0.15, 0.2) is 36.7 Å². The molecule has 1 aliphatic heterocycles. The van der Waals surface area contributed by atoms with Gasteiger partial charge in [-0.1, -0.05) is 18.2 Å². The number of nitrogens with zero attached hydrogens (tertiary/aromatic N) is 4. The number of urea groups is 1. The van der Waals surface area contributed by atoms with Crippen LogP contribution in [-0.2, 0) is 11.3 Å². The lowest BCUT2D eigenvalue weighted by Crippen LogP contribution is -2.44. The number of carbonyl (C=O) groups is 2.